The second-order valence-corrected chi connectivity index (χ2v) is 15.8. The normalized spacial score (nSPS) is 46.3. The number of rotatable bonds is 8. The van der Waals surface area contributed by atoms with Crippen molar-refractivity contribution in [1.29, 1.82) is 0 Å². The highest BCUT2D eigenvalue weighted by Crippen LogP contribution is 2.72. The molecule has 0 amide bonds. The zero-order valence-electron chi connectivity index (χ0n) is 29.9. The van der Waals surface area contributed by atoms with Gasteiger partial charge in [0.25, 0.3) is 0 Å². The summed E-state index contributed by atoms with van der Waals surface area (Å²) in [6.07, 6.45) is -13.5. The number of Topliss-reactive ketones (excluding diaryl/α,β-unsaturated/α-hetero) is 1. The number of carbonyl (C=O) groups is 5. The van der Waals surface area contributed by atoms with E-state index in [4.69, 9.17) is 28.4 Å². The Morgan fingerprint density at radius 3 is 2.28 bits per heavy atom. The molecule has 0 aromatic heterocycles. The third-order valence-corrected chi connectivity index (χ3v) is 12.7. The molecule has 3 aliphatic heterocycles. The minimum atomic E-state index is -2.66. The van der Waals surface area contributed by atoms with Crippen LogP contribution in [-0.2, 0) is 52.4 Å². The molecule has 5 fully saturated rings. The fourth-order valence-electron chi connectivity index (χ4n) is 9.98. The van der Waals surface area contributed by atoms with Crippen molar-refractivity contribution in [1.82, 2.24) is 0 Å². The van der Waals surface area contributed by atoms with Gasteiger partial charge >= 0.3 is 23.9 Å². The molecule has 2 saturated carbocycles. The maximum absolute atomic E-state index is 13.8. The number of hydrogen-bond donors (Lipinski definition) is 7. The summed E-state index contributed by atoms with van der Waals surface area (Å²) >= 11 is 0. The first-order chi connectivity index (χ1) is 24.6. The zero-order valence-corrected chi connectivity index (χ0v) is 29.9. The van der Waals surface area contributed by atoms with E-state index in [0.717, 1.165) is 6.08 Å². The summed E-state index contributed by atoms with van der Waals surface area (Å²) < 4.78 is 34.1. The molecule has 3 saturated heterocycles. The molecule has 0 aromatic carbocycles. The van der Waals surface area contributed by atoms with Crippen molar-refractivity contribution in [2.45, 2.75) is 114 Å². The van der Waals surface area contributed by atoms with Crippen LogP contribution < -0.4 is 0 Å². The van der Waals surface area contributed by atoms with Crippen molar-refractivity contribution >= 4 is 29.7 Å². The van der Waals surface area contributed by atoms with E-state index in [-0.39, 0.29) is 17.8 Å². The van der Waals surface area contributed by atoms with Crippen molar-refractivity contribution in [3.63, 3.8) is 0 Å². The Labute approximate surface area is 303 Å². The number of esters is 3. The van der Waals surface area contributed by atoms with E-state index >= 15 is 0 Å². The van der Waals surface area contributed by atoms with Crippen LogP contribution in [0.3, 0.4) is 0 Å². The summed E-state index contributed by atoms with van der Waals surface area (Å²) in [5.74, 6) is -10.1. The predicted octanol–water partition coefficient (Wildman–Crippen LogP) is -2.14. The lowest BCUT2D eigenvalue weighted by Crippen LogP contribution is -2.79. The third kappa shape index (κ3) is 5.55. The van der Waals surface area contributed by atoms with Gasteiger partial charge in [-0.05, 0) is 50.2 Å². The quantitative estimate of drug-likeness (QED) is 0.0791. The van der Waals surface area contributed by atoms with Gasteiger partial charge in [-0.3, -0.25) is 9.59 Å². The monoisotopic (exact) mass is 754 g/mol. The highest BCUT2D eigenvalue weighted by atomic mass is 16.7. The zero-order chi connectivity index (χ0) is 39.3. The minimum absolute atomic E-state index is 0.0515. The SMILES string of the molecule is CC(=O)OC(C)(C)C(C)=CC(=O)O[C@H]1C(=O)O[C@@H]2C[C@H]3[C@H](C)C(=O)C(OC4OC(CO)C(O)C(O)C4O)=C[C@]3(C)[C@H]3[C@@H](O)[C@H](O)[C@@]4(C(=O)O)OC[C@]32[C@@H]14. The summed E-state index contributed by atoms with van der Waals surface area (Å²) in [6, 6.07) is 0. The second kappa shape index (κ2) is 13.1. The number of hydrogen-bond acceptors (Lipinski definition) is 17. The molecule has 2 bridgehead atoms. The summed E-state index contributed by atoms with van der Waals surface area (Å²) in [6.45, 7) is 7.65. The lowest BCUT2D eigenvalue weighted by Gasteiger charge is -2.67. The van der Waals surface area contributed by atoms with Gasteiger partial charge in [-0.1, -0.05) is 13.8 Å². The number of allylic oxidation sites excluding steroid dienone is 2. The van der Waals surface area contributed by atoms with Crippen LogP contribution in [0.2, 0.25) is 0 Å². The average molecular weight is 755 g/mol. The highest BCUT2D eigenvalue weighted by Gasteiger charge is 2.85. The van der Waals surface area contributed by atoms with Gasteiger partial charge in [0, 0.05) is 30.3 Å². The molecule has 53 heavy (non-hydrogen) atoms. The number of aliphatic hydroxyl groups is 6. The molecule has 3 heterocycles. The number of carboxylic acids is 1. The Bertz CT molecular complexity index is 1640. The Morgan fingerprint density at radius 1 is 1.02 bits per heavy atom. The van der Waals surface area contributed by atoms with Gasteiger partial charge < -0.3 is 64.2 Å². The molecule has 294 valence electrons. The van der Waals surface area contributed by atoms with Gasteiger partial charge in [0.15, 0.2) is 11.5 Å². The van der Waals surface area contributed by atoms with Gasteiger partial charge in [-0.25, -0.2) is 14.4 Å². The maximum atomic E-state index is 13.8. The Balaban J connectivity index is 1.44. The number of ether oxygens (including phenoxy) is 6. The van der Waals surface area contributed by atoms with Crippen LogP contribution in [0.25, 0.3) is 0 Å². The van der Waals surface area contributed by atoms with Crippen LogP contribution >= 0.6 is 0 Å². The standard InChI is InChI=1S/C35H46O18/c1-12(32(4,5)53-14(3)37)7-19(38)52-25-27-34-11-48-35(27,31(46)47)28(44)24(43)26(34)33(6)9-16(20(39)13(2)15(33)8-18(34)51-29(25)45)49-30-23(42)22(41)21(40)17(10-36)50-30/h7,9,13,15,17-18,21-28,30,36,40-44H,8,10-11H2,1-6H3,(H,46,47)/t13-,15-,17?,18+,21?,22?,23?,24+,25+,26+,27+,28-,30?,33-,34+,35-/m0/s1. The molecule has 0 radical (unpaired) electrons. The van der Waals surface area contributed by atoms with Crippen LogP contribution in [0.15, 0.2) is 23.5 Å². The van der Waals surface area contributed by atoms with E-state index in [1.165, 1.54) is 33.8 Å². The molecule has 1 spiro atoms. The lowest BCUT2D eigenvalue weighted by atomic mass is 9.38. The first-order valence-corrected chi connectivity index (χ1v) is 17.4. The summed E-state index contributed by atoms with van der Waals surface area (Å²) in [5.41, 5.74) is -6.73. The Kier molecular flexibility index (Phi) is 9.67. The largest absolute Gasteiger partial charge is 0.479 e. The van der Waals surface area contributed by atoms with Crippen LogP contribution in [0.1, 0.15) is 48.0 Å². The second-order valence-electron chi connectivity index (χ2n) is 15.8. The van der Waals surface area contributed by atoms with Crippen molar-refractivity contribution < 1.29 is 88.1 Å². The van der Waals surface area contributed by atoms with E-state index in [2.05, 4.69) is 0 Å². The summed E-state index contributed by atoms with van der Waals surface area (Å²) in [4.78, 5) is 65.8. The number of carboxylic acid groups (broad SMARTS) is 1. The molecular formula is C35H46O18. The molecule has 16 atom stereocenters. The predicted molar refractivity (Wildman–Crippen MR) is 170 cm³/mol. The molecule has 18 heteroatoms. The van der Waals surface area contributed by atoms with Crippen LogP contribution in [0.4, 0.5) is 0 Å². The van der Waals surface area contributed by atoms with Crippen molar-refractivity contribution in [2.75, 3.05) is 13.2 Å². The fourth-order valence-corrected chi connectivity index (χ4v) is 9.98. The smallest absolute Gasteiger partial charge is 0.348 e. The molecule has 6 rings (SSSR count). The van der Waals surface area contributed by atoms with Crippen molar-refractivity contribution in [3.8, 4) is 0 Å². The average Bonchev–Trinajstić information content (AvgIpc) is 3.38. The first kappa shape index (κ1) is 39.2. The van der Waals surface area contributed by atoms with Gasteiger partial charge in [0.2, 0.25) is 18.0 Å². The van der Waals surface area contributed by atoms with Crippen LogP contribution in [0, 0.1) is 34.5 Å². The molecular weight excluding hydrogens is 708 g/mol. The number of fused-ring (bicyclic) bond motifs is 2. The molecule has 18 nitrogen and oxygen atoms in total. The third-order valence-electron chi connectivity index (χ3n) is 12.7. The number of aliphatic carboxylic acids is 1. The topological polar surface area (TPSA) is 282 Å². The fraction of sp³-hybridized carbons (Fsp3) is 0.743. The minimum Gasteiger partial charge on any atom is -0.479 e. The Hall–Kier alpha value is -3.49. The number of aliphatic hydroxyl groups excluding tert-OH is 6. The van der Waals surface area contributed by atoms with Gasteiger partial charge in [-0.15, -0.1) is 0 Å². The van der Waals surface area contributed by atoms with E-state index < -0.39 is 144 Å². The van der Waals surface area contributed by atoms with Crippen molar-refractivity contribution in [3.05, 3.63) is 23.5 Å². The maximum Gasteiger partial charge on any atom is 0.348 e. The lowest BCUT2D eigenvalue weighted by molar-refractivity contribution is -0.296. The van der Waals surface area contributed by atoms with Crippen LogP contribution in [0.5, 0.6) is 0 Å². The molecule has 7 N–H and O–H groups in total. The summed E-state index contributed by atoms with van der Waals surface area (Å²) in [5, 5.41) is 75.3. The number of ketones is 1. The van der Waals surface area contributed by atoms with E-state index in [1.807, 2.05) is 0 Å². The Morgan fingerprint density at radius 2 is 1.68 bits per heavy atom. The van der Waals surface area contributed by atoms with E-state index in [9.17, 15) is 59.7 Å². The highest BCUT2D eigenvalue weighted by molar-refractivity contribution is 5.97. The van der Waals surface area contributed by atoms with Crippen LogP contribution in [-0.4, -0.2) is 145 Å². The van der Waals surface area contributed by atoms with Gasteiger partial charge in [0.1, 0.15) is 42.2 Å². The molecule has 5 unspecified atom stereocenters. The van der Waals surface area contributed by atoms with E-state index in [0.29, 0.717) is 0 Å². The molecule has 6 aliphatic rings. The van der Waals surface area contributed by atoms with Gasteiger partial charge in [0.05, 0.1) is 25.2 Å². The number of carbonyl (C=O) groups excluding carboxylic acids is 4. The summed E-state index contributed by atoms with van der Waals surface area (Å²) in [7, 11) is 0. The van der Waals surface area contributed by atoms with E-state index in [1.54, 1.807) is 13.8 Å². The first-order valence-electron chi connectivity index (χ1n) is 17.4. The van der Waals surface area contributed by atoms with Crippen molar-refractivity contribution in [2.24, 2.45) is 34.5 Å². The molecule has 3 aliphatic carbocycles. The van der Waals surface area contributed by atoms with Gasteiger partial charge in [-0.2, -0.15) is 0 Å². The molecule has 0 aromatic rings.